The number of carbonyl (C=O) groups excluding carboxylic acids is 1. The van der Waals surface area contributed by atoms with Crippen molar-refractivity contribution >= 4 is 16.9 Å². The fraction of sp³-hybridized carbons (Fsp3) is 0.346. The fourth-order valence-corrected chi connectivity index (χ4v) is 5.22. The normalized spacial score (nSPS) is 15.6. The Hall–Kier alpha value is -3.65. The number of fused-ring (bicyclic) bond motifs is 1. The molecule has 0 bridgehead atoms. The van der Waals surface area contributed by atoms with Crippen LogP contribution in [0.2, 0.25) is 0 Å². The second-order valence-electron chi connectivity index (χ2n) is 8.91. The van der Waals surface area contributed by atoms with E-state index in [2.05, 4.69) is 17.3 Å². The molecule has 1 amide bonds. The van der Waals surface area contributed by atoms with Crippen LogP contribution in [0.5, 0.6) is 0 Å². The third-order valence-electron chi connectivity index (χ3n) is 6.73. The van der Waals surface area contributed by atoms with Gasteiger partial charge in [0.2, 0.25) is 5.91 Å². The molecule has 5 rings (SSSR count). The van der Waals surface area contributed by atoms with Crippen molar-refractivity contribution in [1.82, 2.24) is 14.3 Å². The molecule has 34 heavy (non-hydrogen) atoms. The molecule has 0 spiro atoms. The largest absolute Gasteiger partial charge is 0.381 e. The highest BCUT2D eigenvalue weighted by Crippen LogP contribution is 2.36. The molecular weight excluding hydrogens is 432 g/mol. The molecule has 8 nitrogen and oxygen atoms in total. The maximum absolute atomic E-state index is 13.9. The molecule has 1 saturated heterocycles. The summed E-state index contributed by atoms with van der Waals surface area (Å²) in [6.07, 6.45) is 1.69. The molecule has 2 aromatic carbocycles. The van der Waals surface area contributed by atoms with Crippen molar-refractivity contribution in [2.45, 2.75) is 39.3 Å². The molecule has 2 N–H and O–H groups in total. The number of nitrogens with two attached hydrogens (primary N) is 1. The predicted octanol–water partition coefficient (Wildman–Crippen LogP) is 3.58. The first-order valence-electron chi connectivity index (χ1n) is 11.5. The summed E-state index contributed by atoms with van der Waals surface area (Å²) in [6.45, 7) is 4.91. The number of aromatic nitrogens is 3. The molecule has 1 fully saturated rings. The Morgan fingerprint density at radius 3 is 2.50 bits per heavy atom. The van der Waals surface area contributed by atoms with Gasteiger partial charge < -0.3 is 15.0 Å². The van der Waals surface area contributed by atoms with E-state index in [-0.39, 0.29) is 24.2 Å². The van der Waals surface area contributed by atoms with Crippen LogP contribution in [-0.2, 0) is 16.1 Å². The van der Waals surface area contributed by atoms with Gasteiger partial charge in [0.15, 0.2) is 0 Å². The molecule has 1 aliphatic heterocycles. The average Bonchev–Trinajstić information content (AvgIpc) is 3.31. The maximum atomic E-state index is 13.9. The Labute approximate surface area is 196 Å². The van der Waals surface area contributed by atoms with Crippen LogP contribution in [0, 0.1) is 19.8 Å². The summed E-state index contributed by atoms with van der Waals surface area (Å²) >= 11 is 0. The van der Waals surface area contributed by atoms with E-state index in [1.54, 1.807) is 0 Å². The average molecular weight is 461 g/mol. The lowest BCUT2D eigenvalue weighted by molar-refractivity contribution is -0.118. The number of nitrogens with zero attached hydrogens (tertiary/aromatic N) is 3. The standard InChI is InChI=1S/C26H28N4O4/c1-16-24(17(2)34-28-16)20-8-9-21-22(14-20)30(26(32)29(21)15-23(27)31)25(18-6-4-3-5-7-18)19-10-12-33-13-11-19/h3-9,14,19,25H,10-13,15H2,1-2H3,(H2,27,31). The second kappa shape index (κ2) is 8.95. The summed E-state index contributed by atoms with van der Waals surface area (Å²) < 4.78 is 14.3. The van der Waals surface area contributed by atoms with Gasteiger partial charge in [-0.1, -0.05) is 41.6 Å². The zero-order chi connectivity index (χ0) is 23.8. The van der Waals surface area contributed by atoms with Crippen molar-refractivity contribution in [1.29, 1.82) is 0 Å². The number of benzene rings is 2. The van der Waals surface area contributed by atoms with Gasteiger partial charge in [0.25, 0.3) is 0 Å². The van der Waals surface area contributed by atoms with Crippen LogP contribution in [0.4, 0.5) is 0 Å². The quantitative estimate of drug-likeness (QED) is 0.474. The topological polar surface area (TPSA) is 105 Å². The minimum atomic E-state index is -0.557. The Morgan fingerprint density at radius 2 is 1.85 bits per heavy atom. The Morgan fingerprint density at radius 1 is 1.12 bits per heavy atom. The van der Waals surface area contributed by atoms with Crippen LogP contribution in [-0.4, -0.2) is 33.4 Å². The van der Waals surface area contributed by atoms with Gasteiger partial charge in [-0.2, -0.15) is 0 Å². The van der Waals surface area contributed by atoms with Gasteiger partial charge in [-0.25, -0.2) is 4.79 Å². The van der Waals surface area contributed by atoms with E-state index in [4.69, 9.17) is 15.0 Å². The van der Waals surface area contributed by atoms with Crippen LogP contribution in [0.1, 0.15) is 35.9 Å². The Kier molecular flexibility index (Phi) is 5.83. The van der Waals surface area contributed by atoms with Crippen molar-refractivity contribution in [2.75, 3.05) is 13.2 Å². The van der Waals surface area contributed by atoms with Crippen molar-refractivity contribution in [3.63, 3.8) is 0 Å². The molecule has 4 aromatic rings. The molecule has 0 radical (unpaired) electrons. The lowest BCUT2D eigenvalue weighted by atomic mass is 9.86. The third-order valence-corrected chi connectivity index (χ3v) is 6.73. The Balaban J connectivity index is 1.79. The Bertz CT molecular complexity index is 1370. The van der Waals surface area contributed by atoms with Crippen LogP contribution < -0.4 is 11.4 Å². The van der Waals surface area contributed by atoms with Gasteiger partial charge in [0.05, 0.1) is 22.8 Å². The SMILES string of the molecule is Cc1noc(C)c1-c1ccc2c(c1)n(C(c1ccccc1)C1CCOCC1)c(=O)n2CC(N)=O. The zero-order valence-electron chi connectivity index (χ0n) is 19.4. The highest BCUT2D eigenvalue weighted by Gasteiger charge is 2.31. The summed E-state index contributed by atoms with van der Waals surface area (Å²) in [5.74, 6) is 0.369. The van der Waals surface area contributed by atoms with E-state index in [9.17, 15) is 9.59 Å². The van der Waals surface area contributed by atoms with Crippen molar-refractivity contribution < 1.29 is 14.1 Å². The highest BCUT2D eigenvalue weighted by molar-refractivity contribution is 5.85. The van der Waals surface area contributed by atoms with Crippen molar-refractivity contribution in [3.8, 4) is 11.1 Å². The molecule has 0 saturated carbocycles. The predicted molar refractivity (Wildman–Crippen MR) is 128 cm³/mol. The zero-order valence-corrected chi connectivity index (χ0v) is 19.4. The van der Waals surface area contributed by atoms with E-state index in [1.807, 2.05) is 54.8 Å². The molecule has 8 heteroatoms. The third kappa shape index (κ3) is 3.84. The number of amides is 1. The van der Waals surface area contributed by atoms with E-state index in [1.165, 1.54) is 4.57 Å². The molecule has 0 aliphatic carbocycles. The van der Waals surface area contributed by atoms with Crippen LogP contribution in [0.15, 0.2) is 57.8 Å². The fourth-order valence-electron chi connectivity index (χ4n) is 5.22. The minimum Gasteiger partial charge on any atom is -0.381 e. The number of hydrogen-bond donors (Lipinski definition) is 1. The van der Waals surface area contributed by atoms with Gasteiger partial charge >= 0.3 is 5.69 Å². The van der Waals surface area contributed by atoms with E-state index < -0.39 is 5.91 Å². The summed E-state index contributed by atoms with van der Waals surface area (Å²) in [5.41, 5.74) is 10.4. The first-order valence-corrected chi connectivity index (χ1v) is 11.5. The smallest absolute Gasteiger partial charge is 0.330 e. The number of imidazole rings is 1. The first-order chi connectivity index (χ1) is 16.5. The monoisotopic (exact) mass is 460 g/mol. The summed E-state index contributed by atoms with van der Waals surface area (Å²) in [4.78, 5) is 25.7. The number of hydrogen-bond acceptors (Lipinski definition) is 5. The van der Waals surface area contributed by atoms with Crippen LogP contribution in [0.3, 0.4) is 0 Å². The molecule has 1 unspecified atom stereocenters. The molecule has 176 valence electrons. The lowest BCUT2D eigenvalue weighted by Crippen LogP contribution is -2.35. The molecule has 3 heterocycles. The van der Waals surface area contributed by atoms with Crippen LogP contribution >= 0.6 is 0 Å². The van der Waals surface area contributed by atoms with Crippen molar-refractivity contribution in [3.05, 3.63) is 76.0 Å². The molecule has 2 aromatic heterocycles. The van der Waals surface area contributed by atoms with Gasteiger partial charge in [-0.05, 0) is 55.9 Å². The second-order valence-corrected chi connectivity index (χ2v) is 8.91. The number of ether oxygens (including phenoxy) is 1. The minimum absolute atomic E-state index is 0.178. The summed E-state index contributed by atoms with van der Waals surface area (Å²) in [7, 11) is 0. The molecule has 1 atom stereocenters. The van der Waals surface area contributed by atoms with Gasteiger partial charge in [0.1, 0.15) is 12.3 Å². The summed E-state index contributed by atoms with van der Waals surface area (Å²) in [5, 5.41) is 4.09. The van der Waals surface area contributed by atoms with Gasteiger partial charge in [0, 0.05) is 18.8 Å². The first kappa shape index (κ1) is 22.2. The van der Waals surface area contributed by atoms with Crippen molar-refractivity contribution in [2.24, 2.45) is 11.7 Å². The highest BCUT2D eigenvalue weighted by atomic mass is 16.5. The van der Waals surface area contributed by atoms with Crippen LogP contribution in [0.25, 0.3) is 22.2 Å². The van der Waals surface area contributed by atoms with E-state index in [0.29, 0.717) is 24.5 Å². The molecule has 1 aliphatic rings. The number of rotatable bonds is 6. The number of primary amides is 1. The number of aryl methyl sites for hydroxylation is 2. The molecular formula is C26H28N4O4. The maximum Gasteiger partial charge on any atom is 0.330 e. The van der Waals surface area contributed by atoms with E-state index >= 15 is 0 Å². The van der Waals surface area contributed by atoms with E-state index in [0.717, 1.165) is 40.7 Å². The summed E-state index contributed by atoms with van der Waals surface area (Å²) in [6, 6.07) is 15.7. The number of carbonyl (C=O) groups is 1. The van der Waals surface area contributed by atoms with Gasteiger partial charge in [-0.3, -0.25) is 13.9 Å². The van der Waals surface area contributed by atoms with Gasteiger partial charge in [-0.15, -0.1) is 0 Å². The lowest BCUT2D eigenvalue weighted by Gasteiger charge is -2.31.